The Hall–Kier alpha value is -1.07. The van der Waals surface area contributed by atoms with E-state index in [0.717, 1.165) is 60.8 Å². The highest BCUT2D eigenvalue weighted by atomic mass is 35.5. The van der Waals surface area contributed by atoms with Crippen molar-refractivity contribution in [3.05, 3.63) is 35.0 Å². The van der Waals surface area contributed by atoms with Crippen LogP contribution in [-0.2, 0) is 13.2 Å². The second-order valence-corrected chi connectivity index (χ2v) is 6.25. The quantitative estimate of drug-likeness (QED) is 0.938. The third-order valence-corrected chi connectivity index (χ3v) is 4.59. The first kappa shape index (κ1) is 14.9. The Labute approximate surface area is 130 Å². The maximum absolute atomic E-state index is 9.50. The molecule has 0 saturated carbocycles. The standard InChI is InChI=1S/C16H22ClN3O/c1-18-4-6-19(7-5-18)8-9-20-11-13(12-21)15-3-2-14(17)10-16(15)20/h2-3,10-11,21H,4-9,12H2,1H3. The molecular formula is C16H22ClN3O. The van der Waals surface area contributed by atoms with Crippen LogP contribution in [0.1, 0.15) is 5.56 Å². The van der Waals surface area contributed by atoms with Gasteiger partial charge in [0, 0.05) is 67.0 Å². The van der Waals surface area contributed by atoms with E-state index in [1.165, 1.54) is 0 Å². The van der Waals surface area contributed by atoms with Crippen molar-refractivity contribution in [2.45, 2.75) is 13.2 Å². The first-order chi connectivity index (χ1) is 10.2. The van der Waals surface area contributed by atoms with Crippen LogP contribution in [0, 0.1) is 0 Å². The van der Waals surface area contributed by atoms with Crippen molar-refractivity contribution in [2.75, 3.05) is 39.8 Å². The topological polar surface area (TPSA) is 31.6 Å². The van der Waals surface area contributed by atoms with Crippen molar-refractivity contribution in [1.82, 2.24) is 14.4 Å². The van der Waals surface area contributed by atoms with Gasteiger partial charge in [0.2, 0.25) is 0 Å². The van der Waals surface area contributed by atoms with Gasteiger partial charge < -0.3 is 14.6 Å². The monoisotopic (exact) mass is 307 g/mol. The fraction of sp³-hybridized carbons (Fsp3) is 0.500. The first-order valence-corrected chi connectivity index (χ1v) is 7.84. The van der Waals surface area contributed by atoms with Crippen LogP contribution in [0.25, 0.3) is 10.9 Å². The number of hydrogen-bond donors (Lipinski definition) is 1. The number of fused-ring (bicyclic) bond motifs is 1. The van der Waals surface area contributed by atoms with Crippen molar-refractivity contribution in [3.63, 3.8) is 0 Å². The van der Waals surface area contributed by atoms with E-state index in [-0.39, 0.29) is 6.61 Å². The Morgan fingerprint density at radius 3 is 2.62 bits per heavy atom. The first-order valence-electron chi connectivity index (χ1n) is 7.46. The number of nitrogens with zero attached hydrogens (tertiary/aromatic N) is 3. The summed E-state index contributed by atoms with van der Waals surface area (Å²) in [5, 5.41) is 11.3. The summed E-state index contributed by atoms with van der Waals surface area (Å²) in [6, 6.07) is 5.86. The lowest BCUT2D eigenvalue weighted by molar-refractivity contribution is 0.150. The molecule has 0 bridgehead atoms. The fourth-order valence-corrected chi connectivity index (χ4v) is 3.14. The predicted molar refractivity (Wildman–Crippen MR) is 86.8 cm³/mol. The number of aliphatic hydroxyl groups is 1. The van der Waals surface area contributed by atoms with E-state index in [1.807, 2.05) is 18.2 Å². The van der Waals surface area contributed by atoms with Crippen LogP contribution in [0.5, 0.6) is 0 Å². The normalized spacial score (nSPS) is 17.7. The van der Waals surface area contributed by atoms with Gasteiger partial charge in [-0.1, -0.05) is 17.7 Å². The van der Waals surface area contributed by atoms with Crippen LogP contribution in [0.3, 0.4) is 0 Å². The number of aliphatic hydroxyl groups excluding tert-OH is 1. The van der Waals surface area contributed by atoms with Gasteiger partial charge in [-0.15, -0.1) is 0 Å². The number of aromatic nitrogens is 1. The highest BCUT2D eigenvalue weighted by Crippen LogP contribution is 2.25. The molecule has 0 aliphatic carbocycles. The molecule has 0 radical (unpaired) electrons. The average molecular weight is 308 g/mol. The third-order valence-electron chi connectivity index (χ3n) is 4.35. The summed E-state index contributed by atoms with van der Waals surface area (Å²) in [6.07, 6.45) is 2.05. The molecular weight excluding hydrogens is 286 g/mol. The van der Waals surface area contributed by atoms with E-state index >= 15 is 0 Å². The van der Waals surface area contributed by atoms with E-state index in [9.17, 15) is 5.11 Å². The SMILES string of the molecule is CN1CCN(CCn2cc(CO)c3ccc(Cl)cc32)CC1. The maximum Gasteiger partial charge on any atom is 0.0702 e. The van der Waals surface area contributed by atoms with Crippen molar-refractivity contribution in [1.29, 1.82) is 0 Å². The van der Waals surface area contributed by atoms with Crippen molar-refractivity contribution in [3.8, 4) is 0 Å². The van der Waals surface area contributed by atoms with Gasteiger partial charge in [-0.2, -0.15) is 0 Å². The Morgan fingerprint density at radius 2 is 1.90 bits per heavy atom. The minimum absolute atomic E-state index is 0.0691. The van der Waals surface area contributed by atoms with Crippen LogP contribution < -0.4 is 0 Å². The molecule has 2 heterocycles. The highest BCUT2D eigenvalue weighted by Gasteiger charge is 2.14. The summed E-state index contributed by atoms with van der Waals surface area (Å²) >= 11 is 6.12. The molecule has 1 N–H and O–H groups in total. The van der Waals surface area contributed by atoms with Gasteiger partial charge in [-0.3, -0.25) is 4.90 Å². The summed E-state index contributed by atoms with van der Waals surface area (Å²) in [5.74, 6) is 0. The Morgan fingerprint density at radius 1 is 1.14 bits per heavy atom. The molecule has 1 aromatic heterocycles. The largest absolute Gasteiger partial charge is 0.392 e. The van der Waals surface area contributed by atoms with Crippen molar-refractivity contribution in [2.24, 2.45) is 0 Å². The average Bonchev–Trinajstić information content (AvgIpc) is 2.84. The van der Waals surface area contributed by atoms with E-state index in [0.29, 0.717) is 0 Å². The molecule has 2 aromatic rings. The number of benzene rings is 1. The molecule has 114 valence electrons. The Balaban J connectivity index is 1.75. The van der Waals surface area contributed by atoms with Gasteiger partial charge in [-0.25, -0.2) is 0 Å². The smallest absolute Gasteiger partial charge is 0.0702 e. The Bertz CT molecular complexity index is 617. The van der Waals surface area contributed by atoms with E-state index < -0.39 is 0 Å². The molecule has 1 aromatic carbocycles. The molecule has 5 heteroatoms. The zero-order valence-electron chi connectivity index (χ0n) is 12.4. The fourth-order valence-electron chi connectivity index (χ4n) is 2.97. The van der Waals surface area contributed by atoms with Crippen molar-refractivity contribution >= 4 is 22.5 Å². The summed E-state index contributed by atoms with van der Waals surface area (Å²) in [6.45, 7) is 6.57. The van der Waals surface area contributed by atoms with Crippen LogP contribution in [0.2, 0.25) is 5.02 Å². The van der Waals surface area contributed by atoms with Gasteiger partial charge in [0.15, 0.2) is 0 Å². The molecule has 3 rings (SSSR count). The number of hydrogen-bond acceptors (Lipinski definition) is 3. The molecule has 4 nitrogen and oxygen atoms in total. The molecule has 1 aliphatic rings. The lowest BCUT2D eigenvalue weighted by Gasteiger charge is -2.32. The van der Waals surface area contributed by atoms with E-state index in [1.54, 1.807) is 0 Å². The number of likely N-dealkylation sites (N-methyl/N-ethyl adjacent to an activating group) is 1. The lowest BCUT2D eigenvalue weighted by atomic mass is 10.2. The van der Waals surface area contributed by atoms with Gasteiger partial charge in [0.1, 0.15) is 0 Å². The summed E-state index contributed by atoms with van der Waals surface area (Å²) in [5.41, 5.74) is 2.08. The second-order valence-electron chi connectivity index (χ2n) is 5.81. The lowest BCUT2D eigenvalue weighted by Crippen LogP contribution is -2.45. The molecule has 0 amide bonds. The third kappa shape index (κ3) is 3.24. The minimum Gasteiger partial charge on any atom is -0.392 e. The van der Waals surface area contributed by atoms with Crippen LogP contribution in [0.15, 0.2) is 24.4 Å². The zero-order valence-corrected chi connectivity index (χ0v) is 13.2. The van der Waals surface area contributed by atoms with Gasteiger partial charge in [0.05, 0.1) is 6.61 Å². The highest BCUT2D eigenvalue weighted by molar-refractivity contribution is 6.31. The van der Waals surface area contributed by atoms with Gasteiger partial charge in [-0.05, 0) is 19.2 Å². The Kier molecular flexibility index (Phi) is 4.50. The molecule has 0 spiro atoms. The molecule has 1 fully saturated rings. The number of rotatable bonds is 4. The second kappa shape index (κ2) is 6.36. The summed E-state index contributed by atoms with van der Waals surface area (Å²) in [7, 11) is 2.17. The number of halogens is 1. The van der Waals surface area contributed by atoms with E-state index in [4.69, 9.17) is 11.6 Å². The minimum atomic E-state index is 0.0691. The van der Waals surface area contributed by atoms with Gasteiger partial charge in [0.25, 0.3) is 0 Å². The van der Waals surface area contributed by atoms with Gasteiger partial charge >= 0.3 is 0 Å². The molecule has 1 saturated heterocycles. The molecule has 0 atom stereocenters. The molecule has 1 aliphatic heterocycles. The zero-order chi connectivity index (χ0) is 14.8. The van der Waals surface area contributed by atoms with Crippen LogP contribution in [-0.4, -0.2) is 59.2 Å². The van der Waals surface area contributed by atoms with Crippen LogP contribution >= 0.6 is 11.6 Å². The maximum atomic E-state index is 9.50. The predicted octanol–water partition coefficient (Wildman–Crippen LogP) is 2.03. The number of piperazine rings is 1. The molecule has 21 heavy (non-hydrogen) atoms. The van der Waals surface area contributed by atoms with Crippen molar-refractivity contribution < 1.29 is 5.11 Å². The van der Waals surface area contributed by atoms with Crippen LogP contribution in [0.4, 0.5) is 0 Å². The summed E-state index contributed by atoms with van der Waals surface area (Å²) < 4.78 is 2.21. The van der Waals surface area contributed by atoms with E-state index in [2.05, 4.69) is 27.6 Å². The molecule has 0 unspecified atom stereocenters. The summed E-state index contributed by atoms with van der Waals surface area (Å²) in [4.78, 5) is 4.86.